The SMILES string of the molecule is Cc1c(C(=O)N2CCN(CCc3ccccc3)CC2)cnn1-c1ccc(=O)[nH]n1. The Balaban J connectivity index is 1.36. The van der Waals surface area contributed by atoms with Gasteiger partial charge in [0, 0.05) is 38.8 Å². The van der Waals surface area contributed by atoms with Gasteiger partial charge in [-0.05, 0) is 25.0 Å². The van der Waals surface area contributed by atoms with Gasteiger partial charge in [-0.2, -0.15) is 10.2 Å². The fourth-order valence-corrected chi connectivity index (χ4v) is 3.58. The van der Waals surface area contributed by atoms with Gasteiger partial charge in [-0.15, -0.1) is 0 Å². The molecule has 1 fully saturated rings. The Morgan fingerprint density at radius 3 is 2.52 bits per heavy atom. The minimum absolute atomic E-state index is 0.0131. The normalized spacial score (nSPS) is 14.9. The number of hydrogen-bond donors (Lipinski definition) is 1. The zero-order valence-corrected chi connectivity index (χ0v) is 16.4. The highest BCUT2D eigenvalue weighted by Crippen LogP contribution is 2.15. The van der Waals surface area contributed by atoms with E-state index in [2.05, 4.69) is 44.5 Å². The Labute approximate surface area is 168 Å². The molecule has 1 saturated heterocycles. The second kappa shape index (κ2) is 8.40. The van der Waals surface area contributed by atoms with Gasteiger partial charge in [0.15, 0.2) is 5.82 Å². The smallest absolute Gasteiger partial charge is 0.264 e. The van der Waals surface area contributed by atoms with Crippen LogP contribution in [0.15, 0.2) is 53.5 Å². The number of carbonyl (C=O) groups excluding carboxylic acids is 1. The maximum atomic E-state index is 13.0. The minimum Gasteiger partial charge on any atom is -0.336 e. The van der Waals surface area contributed by atoms with Gasteiger partial charge in [0.2, 0.25) is 0 Å². The molecule has 0 saturated carbocycles. The summed E-state index contributed by atoms with van der Waals surface area (Å²) < 4.78 is 1.57. The van der Waals surface area contributed by atoms with E-state index in [0.717, 1.165) is 26.1 Å². The molecule has 3 aromatic rings. The van der Waals surface area contributed by atoms with E-state index in [1.54, 1.807) is 16.9 Å². The average molecular weight is 392 g/mol. The number of H-pyrrole nitrogens is 1. The van der Waals surface area contributed by atoms with Crippen LogP contribution in [-0.4, -0.2) is 68.4 Å². The monoisotopic (exact) mass is 392 g/mol. The molecule has 150 valence electrons. The zero-order chi connectivity index (χ0) is 20.2. The Hall–Kier alpha value is -3.26. The molecule has 3 heterocycles. The lowest BCUT2D eigenvalue weighted by Gasteiger charge is -2.34. The molecule has 1 amide bonds. The summed E-state index contributed by atoms with van der Waals surface area (Å²) in [5.74, 6) is 0.466. The molecule has 2 aromatic heterocycles. The molecule has 1 N–H and O–H groups in total. The molecule has 1 aromatic carbocycles. The van der Waals surface area contributed by atoms with Crippen molar-refractivity contribution in [1.82, 2.24) is 29.8 Å². The van der Waals surface area contributed by atoms with Gasteiger partial charge in [0.25, 0.3) is 11.5 Å². The van der Waals surface area contributed by atoms with Gasteiger partial charge in [0.05, 0.1) is 17.5 Å². The lowest BCUT2D eigenvalue weighted by molar-refractivity contribution is 0.0638. The number of hydrogen-bond acceptors (Lipinski definition) is 5. The van der Waals surface area contributed by atoms with E-state index in [9.17, 15) is 9.59 Å². The van der Waals surface area contributed by atoms with E-state index in [1.807, 2.05) is 17.9 Å². The summed E-state index contributed by atoms with van der Waals surface area (Å²) in [5.41, 5.74) is 2.33. The van der Waals surface area contributed by atoms with E-state index >= 15 is 0 Å². The maximum Gasteiger partial charge on any atom is 0.264 e. The summed E-state index contributed by atoms with van der Waals surface area (Å²) in [6, 6.07) is 13.4. The number of benzene rings is 1. The van der Waals surface area contributed by atoms with Gasteiger partial charge in [-0.1, -0.05) is 30.3 Å². The first-order valence-electron chi connectivity index (χ1n) is 9.78. The van der Waals surface area contributed by atoms with Crippen LogP contribution in [0.5, 0.6) is 0 Å². The fraction of sp³-hybridized carbons (Fsp3) is 0.333. The summed E-state index contributed by atoms with van der Waals surface area (Å²) in [6.07, 6.45) is 2.60. The Bertz CT molecular complexity index is 1010. The number of rotatable bonds is 5. The number of amides is 1. The largest absolute Gasteiger partial charge is 0.336 e. The van der Waals surface area contributed by atoms with Gasteiger partial charge >= 0.3 is 0 Å². The number of nitrogens with one attached hydrogen (secondary N) is 1. The molecule has 4 rings (SSSR count). The molecule has 29 heavy (non-hydrogen) atoms. The molecule has 1 aliphatic heterocycles. The highest BCUT2D eigenvalue weighted by Gasteiger charge is 2.25. The van der Waals surface area contributed by atoms with E-state index < -0.39 is 0 Å². The third kappa shape index (κ3) is 4.27. The Kier molecular flexibility index (Phi) is 5.53. The van der Waals surface area contributed by atoms with Crippen molar-refractivity contribution in [1.29, 1.82) is 0 Å². The molecule has 0 radical (unpaired) electrons. The van der Waals surface area contributed by atoms with Crippen molar-refractivity contribution in [2.24, 2.45) is 0 Å². The summed E-state index contributed by atoms with van der Waals surface area (Å²) in [4.78, 5) is 28.5. The van der Waals surface area contributed by atoms with Crippen LogP contribution in [0.1, 0.15) is 21.6 Å². The highest BCUT2D eigenvalue weighted by molar-refractivity contribution is 5.95. The number of carbonyl (C=O) groups is 1. The number of nitrogens with zero attached hydrogens (tertiary/aromatic N) is 5. The standard InChI is InChI=1S/C21H24N6O2/c1-16-18(15-22-27(16)19-7-8-20(28)24-23-19)21(29)26-13-11-25(12-14-26)10-9-17-5-3-2-4-6-17/h2-8,15H,9-14H2,1H3,(H,24,28). The van der Waals surface area contributed by atoms with Crippen molar-refractivity contribution >= 4 is 5.91 Å². The molecule has 0 spiro atoms. The highest BCUT2D eigenvalue weighted by atomic mass is 16.2. The minimum atomic E-state index is -0.278. The summed E-state index contributed by atoms with van der Waals surface area (Å²) in [6.45, 7) is 5.98. The van der Waals surface area contributed by atoms with Crippen molar-refractivity contribution < 1.29 is 4.79 Å². The van der Waals surface area contributed by atoms with E-state index in [-0.39, 0.29) is 11.5 Å². The van der Waals surface area contributed by atoms with Gasteiger partial charge in [0.1, 0.15) is 0 Å². The van der Waals surface area contributed by atoms with Crippen molar-refractivity contribution in [2.75, 3.05) is 32.7 Å². The lowest BCUT2D eigenvalue weighted by Crippen LogP contribution is -2.49. The van der Waals surface area contributed by atoms with Crippen LogP contribution in [0, 0.1) is 6.92 Å². The second-order valence-electron chi connectivity index (χ2n) is 7.20. The average Bonchev–Trinajstić information content (AvgIpc) is 3.15. The molecule has 8 heteroatoms. The fourth-order valence-electron chi connectivity index (χ4n) is 3.58. The quantitative estimate of drug-likeness (QED) is 0.707. The molecule has 0 unspecified atom stereocenters. The Morgan fingerprint density at radius 1 is 1.07 bits per heavy atom. The van der Waals surface area contributed by atoms with Crippen LogP contribution < -0.4 is 5.56 Å². The molecular weight excluding hydrogens is 368 g/mol. The zero-order valence-electron chi connectivity index (χ0n) is 16.4. The topological polar surface area (TPSA) is 87.1 Å². The molecule has 8 nitrogen and oxygen atoms in total. The van der Waals surface area contributed by atoms with Crippen molar-refractivity contribution in [3.8, 4) is 5.82 Å². The predicted octanol–water partition coefficient (Wildman–Crippen LogP) is 1.26. The van der Waals surface area contributed by atoms with Crippen LogP contribution >= 0.6 is 0 Å². The van der Waals surface area contributed by atoms with Crippen molar-refractivity contribution in [3.05, 3.63) is 75.8 Å². The lowest BCUT2D eigenvalue weighted by atomic mass is 10.1. The van der Waals surface area contributed by atoms with Crippen molar-refractivity contribution in [3.63, 3.8) is 0 Å². The molecule has 0 aliphatic carbocycles. The predicted molar refractivity (Wildman–Crippen MR) is 109 cm³/mol. The first-order valence-corrected chi connectivity index (χ1v) is 9.78. The van der Waals surface area contributed by atoms with Crippen LogP contribution in [0.25, 0.3) is 5.82 Å². The molecular formula is C21H24N6O2. The number of aromatic amines is 1. The van der Waals surface area contributed by atoms with E-state index in [4.69, 9.17) is 0 Å². The van der Waals surface area contributed by atoms with Crippen LogP contribution in [-0.2, 0) is 6.42 Å². The third-order valence-electron chi connectivity index (χ3n) is 5.34. The first-order chi connectivity index (χ1) is 14.1. The molecule has 1 aliphatic rings. The van der Waals surface area contributed by atoms with Gasteiger partial charge in [-0.25, -0.2) is 9.78 Å². The van der Waals surface area contributed by atoms with Crippen LogP contribution in [0.2, 0.25) is 0 Å². The number of aromatic nitrogens is 4. The summed E-state index contributed by atoms with van der Waals surface area (Å²) in [7, 11) is 0. The summed E-state index contributed by atoms with van der Waals surface area (Å²) >= 11 is 0. The molecule has 0 bridgehead atoms. The molecule has 0 atom stereocenters. The van der Waals surface area contributed by atoms with Crippen LogP contribution in [0.4, 0.5) is 0 Å². The summed E-state index contributed by atoms with van der Waals surface area (Å²) in [5, 5.41) is 10.7. The van der Waals surface area contributed by atoms with E-state index in [1.165, 1.54) is 11.6 Å². The van der Waals surface area contributed by atoms with Crippen LogP contribution in [0.3, 0.4) is 0 Å². The second-order valence-corrected chi connectivity index (χ2v) is 7.20. The Morgan fingerprint density at radius 2 is 1.83 bits per heavy atom. The first kappa shape index (κ1) is 19.1. The van der Waals surface area contributed by atoms with E-state index in [0.29, 0.717) is 30.2 Å². The van der Waals surface area contributed by atoms with Crippen molar-refractivity contribution in [2.45, 2.75) is 13.3 Å². The number of piperazine rings is 1. The van der Waals surface area contributed by atoms with Gasteiger partial charge < -0.3 is 4.90 Å². The maximum absolute atomic E-state index is 13.0. The third-order valence-corrected chi connectivity index (χ3v) is 5.34. The van der Waals surface area contributed by atoms with Gasteiger partial charge in [-0.3, -0.25) is 14.5 Å².